The SMILES string of the molecule is CCN(CC(=O)O)C1CC(NC(=O)C2CCCN(S(=O)(=O)CC)C2)C1. The summed E-state index contributed by atoms with van der Waals surface area (Å²) >= 11 is 0. The summed E-state index contributed by atoms with van der Waals surface area (Å²) in [6.07, 6.45) is 2.90. The number of carbonyl (C=O) groups is 2. The Morgan fingerprint density at radius 3 is 2.52 bits per heavy atom. The largest absolute Gasteiger partial charge is 0.480 e. The van der Waals surface area contributed by atoms with Crippen LogP contribution in [0.4, 0.5) is 0 Å². The molecule has 1 unspecified atom stereocenters. The Labute approximate surface area is 149 Å². The van der Waals surface area contributed by atoms with Crippen molar-refractivity contribution >= 4 is 21.9 Å². The zero-order valence-electron chi connectivity index (χ0n) is 15.0. The first-order valence-corrected chi connectivity index (χ1v) is 10.6. The summed E-state index contributed by atoms with van der Waals surface area (Å²) in [5, 5.41) is 11.9. The average Bonchev–Trinajstić information content (AvgIpc) is 2.55. The molecule has 0 aromatic carbocycles. The summed E-state index contributed by atoms with van der Waals surface area (Å²) in [5.74, 6) is -1.16. The normalized spacial score (nSPS) is 27.7. The third-order valence-corrected chi connectivity index (χ3v) is 7.08. The van der Waals surface area contributed by atoms with E-state index in [1.807, 2.05) is 11.8 Å². The molecule has 0 bridgehead atoms. The number of likely N-dealkylation sites (N-methyl/N-ethyl adjacent to an activating group) is 1. The highest BCUT2D eigenvalue weighted by Gasteiger charge is 2.37. The first-order valence-electron chi connectivity index (χ1n) is 9.00. The number of hydrogen-bond acceptors (Lipinski definition) is 5. The number of piperidine rings is 1. The maximum absolute atomic E-state index is 12.4. The van der Waals surface area contributed by atoms with E-state index in [2.05, 4.69) is 5.32 Å². The van der Waals surface area contributed by atoms with E-state index in [-0.39, 0.29) is 42.8 Å². The first-order chi connectivity index (χ1) is 11.8. The number of carboxylic acid groups (broad SMARTS) is 1. The predicted molar refractivity (Wildman–Crippen MR) is 93.6 cm³/mol. The fraction of sp³-hybridized carbons (Fsp3) is 0.875. The van der Waals surface area contributed by atoms with E-state index in [0.29, 0.717) is 25.9 Å². The molecule has 0 aromatic heterocycles. The molecule has 0 aromatic rings. The number of hydrogen-bond donors (Lipinski definition) is 2. The molecule has 1 saturated carbocycles. The maximum Gasteiger partial charge on any atom is 0.317 e. The molecule has 2 rings (SSSR count). The van der Waals surface area contributed by atoms with Crippen molar-refractivity contribution < 1.29 is 23.1 Å². The fourth-order valence-electron chi connectivity index (χ4n) is 3.59. The molecule has 9 heteroatoms. The van der Waals surface area contributed by atoms with Gasteiger partial charge in [-0.25, -0.2) is 12.7 Å². The van der Waals surface area contributed by atoms with Crippen molar-refractivity contribution in [1.29, 1.82) is 0 Å². The lowest BCUT2D eigenvalue weighted by Crippen LogP contribution is -2.56. The summed E-state index contributed by atoms with van der Waals surface area (Å²) in [4.78, 5) is 25.2. The molecule has 0 spiro atoms. The first kappa shape index (κ1) is 20.1. The van der Waals surface area contributed by atoms with Crippen LogP contribution in [0.1, 0.15) is 39.5 Å². The molecular formula is C16H29N3O5S. The molecule has 2 aliphatic rings. The lowest BCUT2D eigenvalue weighted by Gasteiger charge is -2.43. The Morgan fingerprint density at radius 2 is 1.96 bits per heavy atom. The summed E-state index contributed by atoms with van der Waals surface area (Å²) in [6.45, 7) is 4.99. The number of amides is 1. The van der Waals surface area contributed by atoms with Crippen LogP contribution < -0.4 is 5.32 Å². The summed E-state index contributed by atoms with van der Waals surface area (Å²) in [7, 11) is -3.25. The van der Waals surface area contributed by atoms with Gasteiger partial charge in [0.05, 0.1) is 18.2 Å². The summed E-state index contributed by atoms with van der Waals surface area (Å²) < 4.78 is 25.4. The molecule has 2 fully saturated rings. The van der Waals surface area contributed by atoms with E-state index < -0.39 is 16.0 Å². The van der Waals surface area contributed by atoms with E-state index in [9.17, 15) is 18.0 Å². The Kier molecular flexibility index (Phi) is 6.81. The number of nitrogens with one attached hydrogen (secondary N) is 1. The Hall–Kier alpha value is -1.19. The van der Waals surface area contributed by atoms with Gasteiger partial charge in [-0.05, 0) is 39.2 Å². The molecule has 1 aliphatic heterocycles. The predicted octanol–water partition coefficient (Wildman–Crippen LogP) is 0.102. The summed E-state index contributed by atoms with van der Waals surface area (Å²) in [5.41, 5.74) is 0. The van der Waals surface area contributed by atoms with Crippen molar-refractivity contribution in [1.82, 2.24) is 14.5 Å². The number of aliphatic carboxylic acids is 1. The van der Waals surface area contributed by atoms with Crippen molar-refractivity contribution in [2.24, 2.45) is 5.92 Å². The second-order valence-electron chi connectivity index (χ2n) is 6.89. The molecular weight excluding hydrogens is 346 g/mol. The van der Waals surface area contributed by atoms with Crippen molar-refractivity contribution in [2.75, 3.05) is 31.9 Å². The topological polar surface area (TPSA) is 107 Å². The van der Waals surface area contributed by atoms with Crippen LogP contribution in [0.2, 0.25) is 0 Å². The highest BCUT2D eigenvalue weighted by atomic mass is 32.2. The van der Waals surface area contributed by atoms with Gasteiger partial charge in [-0.2, -0.15) is 0 Å². The average molecular weight is 375 g/mol. The van der Waals surface area contributed by atoms with Crippen molar-refractivity contribution in [3.05, 3.63) is 0 Å². The van der Waals surface area contributed by atoms with Crippen LogP contribution in [0, 0.1) is 5.92 Å². The lowest BCUT2D eigenvalue weighted by atomic mass is 9.84. The van der Waals surface area contributed by atoms with E-state index in [4.69, 9.17) is 5.11 Å². The van der Waals surface area contributed by atoms with Crippen LogP contribution in [-0.2, 0) is 19.6 Å². The third kappa shape index (κ3) is 5.15. The molecule has 1 saturated heterocycles. The number of sulfonamides is 1. The highest BCUT2D eigenvalue weighted by molar-refractivity contribution is 7.89. The number of nitrogens with zero attached hydrogens (tertiary/aromatic N) is 2. The van der Waals surface area contributed by atoms with Gasteiger partial charge in [0.25, 0.3) is 0 Å². The number of rotatable bonds is 8. The van der Waals surface area contributed by atoms with E-state index in [1.54, 1.807) is 6.92 Å². The minimum atomic E-state index is -3.25. The van der Waals surface area contributed by atoms with Crippen LogP contribution in [-0.4, -0.2) is 78.6 Å². The molecule has 1 aliphatic carbocycles. The second-order valence-corrected chi connectivity index (χ2v) is 9.14. The van der Waals surface area contributed by atoms with Crippen LogP contribution in [0.15, 0.2) is 0 Å². The van der Waals surface area contributed by atoms with Crippen LogP contribution >= 0.6 is 0 Å². The van der Waals surface area contributed by atoms with Gasteiger partial charge in [-0.15, -0.1) is 0 Å². The Bertz CT molecular complexity index is 589. The molecule has 8 nitrogen and oxygen atoms in total. The van der Waals surface area contributed by atoms with Gasteiger partial charge in [0, 0.05) is 25.2 Å². The smallest absolute Gasteiger partial charge is 0.317 e. The highest BCUT2D eigenvalue weighted by Crippen LogP contribution is 2.27. The van der Waals surface area contributed by atoms with Crippen LogP contribution in [0.3, 0.4) is 0 Å². The van der Waals surface area contributed by atoms with Crippen molar-refractivity contribution in [3.63, 3.8) is 0 Å². The van der Waals surface area contributed by atoms with Gasteiger partial charge in [-0.1, -0.05) is 6.92 Å². The lowest BCUT2D eigenvalue weighted by molar-refractivity contribution is -0.140. The minimum absolute atomic E-state index is 0.0221. The Morgan fingerprint density at radius 1 is 1.28 bits per heavy atom. The van der Waals surface area contributed by atoms with Gasteiger partial charge in [0.15, 0.2) is 0 Å². The number of carbonyl (C=O) groups excluding carboxylic acids is 1. The standard InChI is InChI=1S/C16H29N3O5S/c1-3-18(11-15(20)21)14-8-13(9-14)17-16(22)12-6-5-7-19(10-12)25(23,24)4-2/h12-14H,3-11H2,1-2H3,(H,17,22)(H,20,21). The molecule has 2 N–H and O–H groups in total. The van der Waals surface area contributed by atoms with Gasteiger partial charge in [-0.3, -0.25) is 14.5 Å². The monoisotopic (exact) mass is 375 g/mol. The quantitative estimate of drug-likeness (QED) is 0.623. The molecule has 144 valence electrons. The molecule has 1 heterocycles. The maximum atomic E-state index is 12.4. The van der Waals surface area contributed by atoms with Gasteiger partial charge in [0.1, 0.15) is 0 Å². The van der Waals surface area contributed by atoms with Crippen molar-refractivity contribution in [3.8, 4) is 0 Å². The van der Waals surface area contributed by atoms with Gasteiger partial charge < -0.3 is 10.4 Å². The molecule has 25 heavy (non-hydrogen) atoms. The minimum Gasteiger partial charge on any atom is -0.480 e. The van der Waals surface area contributed by atoms with E-state index in [1.165, 1.54) is 4.31 Å². The second kappa shape index (κ2) is 8.46. The van der Waals surface area contributed by atoms with E-state index in [0.717, 1.165) is 12.8 Å². The van der Waals surface area contributed by atoms with E-state index >= 15 is 0 Å². The molecule has 1 atom stereocenters. The molecule has 1 amide bonds. The third-order valence-electron chi connectivity index (χ3n) is 5.23. The fourth-order valence-corrected chi connectivity index (χ4v) is 4.77. The summed E-state index contributed by atoms with van der Waals surface area (Å²) in [6, 6.07) is 0.244. The molecule has 0 radical (unpaired) electrons. The van der Waals surface area contributed by atoms with Crippen LogP contribution in [0.25, 0.3) is 0 Å². The van der Waals surface area contributed by atoms with Gasteiger partial charge >= 0.3 is 5.97 Å². The van der Waals surface area contributed by atoms with Gasteiger partial charge in [0.2, 0.25) is 15.9 Å². The zero-order valence-corrected chi connectivity index (χ0v) is 15.8. The van der Waals surface area contributed by atoms with Crippen LogP contribution in [0.5, 0.6) is 0 Å². The zero-order chi connectivity index (χ0) is 18.6. The Balaban J connectivity index is 1.80. The number of carboxylic acids is 1. The van der Waals surface area contributed by atoms with Crippen molar-refractivity contribution in [2.45, 2.75) is 51.6 Å².